The van der Waals surface area contributed by atoms with Crippen molar-refractivity contribution in [2.24, 2.45) is 0 Å². The van der Waals surface area contributed by atoms with Crippen molar-refractivity contribution in [3.8, 4) is 5.75 Å². The Bertz CT molecular complexity index is 398. The number of ether oxygens (including phenoxy) is 2. The van der Waals surface area contributed by atoms with Crippen LogP contribution in [0.5, 0.6) is 5.75 Å². The zero-order valence-electron chi connectivity index (χ0n) is 11.3. The number of hydrogen-bond acceptors (Lipinski definition) is 4. The summed E-state index contributed by atoms with van der Waals surface area (Å²) in [5.41, 5.74) is 0.593. The van der Waals surface area contributed by atoms with Crippen molar-refractivity contribution in [1.82, 2.24) is 4.90 Å². The summed E-state index contributed by atoms with van der Waals surface area (Å²) in [5, 5.41) is 11.7. The Morgan fingerprint density at radius 1 is 1.32 bits per heavy atom. The van der Waals surface area contributed by atoms with Gasteiger partial charge in [-0.05, 0) is 12.1 Å². The smallest absolute Gasteiger partial charge is 0.322 e. The molecule has 106 valence electrons. The third kappa shape index (κ3) is 4.76. The van der Waals surface area contributed by atoms with Crippen molar-refractivity contribution in [3.63, 3.8) is 0 Å². The maximum Gasteiger partial charge on any atom is 0.322 e. The Labute approximate surface area is 112 Å². The molecule has 0 atom stereocenters. The van der Waals surface area contributed by atoms with E-state index in [1.54, 1.807) is 26.4 Å². The van der Waals surface area contributed by atoms with Crippen molar-refractivity contribution in [1.29, 1.82) is 0 Å². The number of rotatable bonds is 7. The number of hydrogen-bond donors (Lipinski definition) is 2. The highest BCUT2D eigenvalue weighted by molar-refractivity contribution is 5.90. The predicted molar refractivity (Wildman–Crippen MR) is 72.5 cm³/mol. The summed E-state index contributed by atoms with van der Waals surface area (Å²) in [6, 6.07) is 6.86. The summed E-state index contributed by atoms with van der Waals surface area (Å²) in [6.45, 7) is 0.991. The van der Waals surface area contributed by atoms with Gasteiger partial charge < -0.3 is 24.8 Å². The molecule has 6 nitrogen and oxygen atoms in total. The van der Waals surface area contributed by atoms with Crippen molar-refractivity contribution in [2.75, 3.05) is 45.8 Å². The van der Waals surface area contributed by atoms with E-state index in [9.17, 15) is 4.79 Å². The number of aliphatic hydroxyl groups is 1. The standard InChI is InChI=1S/C13H20N2O4/c1-18-10-8-15(7-9-16)13(17)14-11-5-3-4-6-12(11)19-2/h3-6,16H,7-10H2,1-2H3,(H,14,17). The van der Waals surface area contributed by atoms with E-state index < -0.39 is 0 Å². The van der Waals surface area contributed by atoms with Crippen LogP contribution in [0.3, 0.4) is 0 Å². The largest absolute Gasteiger partial charge is 0.495 e. The van der Waals surface area contributed by atoms with Crippen LogP contribution in [0, 0.1) is 0 Å². The number of carbonyl (C=O) groups is 1. The fraction of sp³-hybridized carbons (Fsp3) is 0.462. The minimum atomic E-state index is -0.296. The van der Waals surface area contributed by atoms with E-state index in [0.717, 1.165) is 0 Å². The molecule has 6 heteroatoms. The fourth-order valence-corrected chi connectivity index (χ4v) is 1.58. The van der Waals surface area contributed by atoms with Crippen molar-refractivity contribution >= 4 is 11.7 Å². The highest BCUT2D eigenvalue weighted by Crippen LogP contribution is 2.23. The maximum absolute atomic E-state index is 12.1. The number of nitrogens with one attached hydrogen (secondary N) is 1. The van der Waals surface area contributed by atoms with Gasteiger partial charge in [0.25, 0.3) is 0 Å². The van der Waals surface area contributed by atoms with Crippen LogP contribution >= 0.6 is 0 Å². The summed E-state index contributed by atoms with van der Waals surface area (Å²) in [4.78, 5) is 13.6. The lowest BCUT2D eigenvalue weighted by Gasteiger charge is -2.22. The van der Waals surface area contributed by atoms with E-state index in [0.29, 0.717) is 24.6 Å². The van der Waals surface area contributed by atoms with Gasteiger partial charge in [-0.3, -0.25) is 0 Å². The zero-order chi connectivity index (χ0) is 14.1. The van der Waals surface area contributed by atoms with Crippen molar-refractivity contribution in [3.05, 3.63) is 24.3 Å². The van der Waals surface area contributed by atoms with Crippen molar-refractivity contribution in [2.45, 2.75) is 0 Å². The Morgan fingerprint density at radius 2 is 2.05 bits per heavy atom. The SMILES string of the molecule is COCCN(CCO)C(=O)Nc1ccccc1OC. The number of urea groups is 1. The zero-order valence-corrected chi connectivity index (χ0v) is 11.3. The van der Waals surface area contributed by atoms with E-state index in [1.807, 2.05) is 12.1 Å². The first kappa shape index (κ1) is 15.3. The molecular formula is C13H20N2O4. The van der Waals surface area contributed by atoms with Gasteiger partial charge in [0.05, 0.1) is 26.0 Å². The molecule has 0 saturated carbocycles. The monoisotopic (exact) mass is 268 g/mol. The molecule has 0 fully saturated rings. The number of nitrogens with zero attached hydrogens (tertiary/aromatic N) is 1. The van der Waals surface area contributed by atoms with Crippen LogP contribution in [0.25, 0.3) is 0 Å². The predicted octanol–water partition coefficient (Wildman–Crippen LogP) is 1.17. The van der Waals surface area contributed by atoms with Gasteiger partial charge in [-0.2, -0.15) is 0 Å². The van der Waals surface area contributed by atoms with Crippen LogP contribution in [-0.4, -0.2) is 56.6 Å². The summed E-state index contributed by atoms with van der Waals surface area (Å²) >= 11 is 0. The van der Waals surface area contributed by atoms with Gasteiger partial charge in [0.2, 0.25) is 0 Å². The van der Waals surface area contributed by atoms with Gasteiger partial charge in [0, 0.05) is 20.2 Å². The Hall–Kier alpha value is -1.79. The fourth-order valence-electron chi connectivity index (χ4n) is 1.58. The normalized spacial score (nSPS) is 10.1. The third-order valence-electron chi connectivity index (χ3n) is 2.57. The molecule has 19 heavy (non-hydrogen) atoms. The molecule has 0 unspecified atom stereocenters. The minimum absolute atomic E-state index is 0.0942. The van der Waals surface area contributed by atoms with Crippen LogP contribution in [0.2, 0.25) is 0 Å². The van der Waals surface area contributed by atoms with Gasteiger partial charge in [-0.1, -0.05) is 12.1 Å². The Morgan fingerprint density at radius 3 is 2.68 bits per heavy atom. The number of amides is 2. The Balaban J connectivity index is 2.69. The molecule has 0 saturated heterocycles. The molecule has 0 radical (unpaired) electrons. The molecule has 1 aromatic rings. The molecule has 2 amide bonds. The van der Waals surface area contributed by atoms with Crippen LogP contribution in [0.4, 0.5) is 10.5 Å². The third-order valence-corrected chi connectivity index (χ3v) is 2.57. The number of benzene rings is 1. The molecule has 0 aliphatic rings. The van der Waals surface area contributed by atoms with Gasteiger partial charge in [-0.15, -0.1) is 0 Å². The van der Waals surface area contributed by atoms with Gasteiger partial charge >= 0.3 is 6.03 Å². The first-order valence-corrected chi connectivity index (χ1v) is 6.01. The van der Waals surface area contributed by atoms with E-state index in [-0.39, 0.29) is 19.2 Å². The molecule has 0 spiro atoms. The number of anilines is 1. The van der Waals surface area contributed by atoms with E-state index in [2.05, 4.69) is 5.32 Å². The second kappa shape index (κ2) is 8.34. The van der Waals surface area contributed by atoms with Crippen molar-refractivity contribution < 1.29 is 19.4 Å². The highest BCUT2D eigenvalue weighted by atomic mass is 16.5. The van der Waals surface area contributed by atoms with Gasteiger partial charge in [0.15, 0.2) is 0 Å². The molecule has 0 aliphatic carbocycles. The van der Waals surface area contributed by atoms with E-state index in [4.69, 9.17) is 14.6 Å². The molecule has 0 aliphatic heterocycles. The van der Waals surface area contributed by atoms with Gasteiger partial charge in [-0.25, -0.2) is 4.79 Å². The van der Waals surface area contributed by atoms with E-state index in [1.165, 1.54) is 4.90 Å². The van der Waals surface area contributed by atoms with Crippen LogP contribution in [0.1, 0.15) is 0 Å². The highest BCUT2D eigenvalue weighted by Gasteiger charge is 2.14. The lowest BCUT2D eigenvalue weighted by molar-refractivity contribution is 0.142. The van der Waals surface area contributed by atoms with Crippen LogP contribution < -0.4 is 10.1 Å². The summed E-state index contributed by atoms with van der Waals surface area (Å²) in [6.07, 6.45) is 0. The Kier molecular flexibility index (Phi) is 6.70. The average molecular weight is 268 g/mol. The van der Waals surface area contributed by atoms with Crippen LogP contribution in [0.15, 0.2) is 24.3 Å². The molecule has 0 aromatic heterocycles. The molecule has 1 rings (SSSR count). The molecule has 0 bridgehead atoms. The molecule has 1 aromatic carbocycles. The number of carbonyl (C=O) groups excluding carboxylic acids is 1. The number of para-hydroxylation sites is 2. The summed E-state index contributed by atoms with van der Waals surface area (Å²) < 4.78 is 10.1. The summed E-state index contributed by atoms with van der Waals surface area (Å²) in [7, 11) is 3.11. The van der Waals surface area contributed by atoms with Crippen LogP contribution in [-0.2, 0) is 4.74 Å². The number of aliphatic hydroxyl groups excluding tert-OH is 1. The molecule has 0 heterocycles. The first-order chi connectivity index (χ1) is 9.22. The molecular weight excluding hydrogens is 248 g/mol. The molecule has 2 N–H and O–H groups in total. The summed E-state index contributed by atoms with van der Waals surface area (Å²) in [5.74, 6) is 0.589. The van der Waals surface area contributed by atoms with Gasteiger partial charge in [0.1, 0.15) is 5.75 Å². The second-order valence-corrected chi connectivity index (χ2v) is 3.83. The first-order valence-electron chi connectivity index (χ1n) is 6.01. The minimum Gasteiger partial charge on any atom is -0.495 e. The quantitative estimate of drug-likeness (QED) is 0.778. The lowest BCUT2D eigenvalue weighted by Crippen LogP contribution is -2.39. The second-order valence-electron chi connectivity index (χ2n) is 3.83. The van der Waals surface area contributed by atoms with E-state index >= 15 is 0 Å². The average Bonchev–Trinajstić information content (AvgIpc) is 2.44. The number of methoxy groups -OCH3 is 2. The maximum atomic E-state index is 12.1. The topological polar surface area (TPSA) is 71.0 Å². The lowest BCUT2D eigenvalue weighted by atomic mass is 10.3.